The molecule has 5 nitrogen and oxygen atoms in total. The average Bonchev–Trinajstić information content (AvgIpc) is 2.90. The quantitative estimate of drug-likeness (QED) is 0.873. The number of aromatic nitrogens is 1. The summed E-state index contributed by atoms with van der Waals surface area (Å²) in [6.45, 7) is 0.166. The molecule has 0 atom stereocenters. The summed E-state index contributed by atoms with van der Waals surface area (Å²) in [4.78, 5) is 26.4. The standard InChI is InChI=1S/C13H10Cl2N2O3S/c14-8-2-1-3-9(15)7(8)4-11(18)16-5-12-17-10(6-21-12)13(19)20/h1-3,6H,4-5H2,(H,16,18)(H,19,20). The molecule has 2 N–H and O–H groups in total. The maximum Gasteiger partial charge on any atom is 0.355 e. The number of benzene rings is 1. The number of hydrogen-bond acceptors (Lipinski definition) is 4. The molecule has 21 heavy (non-hydrogen) atoms. The maximum atomic E-state index is 11.9. The van der Waals surface area contributed by atoms with E-state index in [2.05, 4.69) is 10.3 Å². The summed E-state index contributed by atoms with van der Waals surface area (Å²) in [5.74, 6) is -1.36. The lowest BCUT2D eigenvalue weighted by molar-refractivity contribution is -0.120. The first-order valence-electron chi connectivity index (χ1n) is 5.84. The zero-order chi connectivity index (χ0) is 15.4. The zero-order valence-corrected chi connectivity index (χ0v) is 12.9. The molecule has 0 radical (unpaired) electrons. The number of nitrogens with zero attached hydrogens (tertiary/aromatic N) is 1. The normalized spacial score (nSPS) is 10.4. The molecule has 0 saturated carbocycles. The van der Waals surface area contributed by atoms with Gasteiger partial charge in [-0.15, -0.1) is 11.3 Å². The zero-order valence-electron chi connectivity index (χ0n) is 10.6. The Hall–Kier alpha value is -1.63. The molecule has 1 heterocycles. The molecule has 1 aromatic heterocycles. The van der Waals surface area contributed by atoms with Crippen LogP contribution in [0.5, 0.6) is 0 Å². The number of thiazole rings is 1. The summed E-state index contributed by atoms with van der Waals surface area (Å²) in [6, 6.07) is 5.03. The summed E-state index contributed by atoms with van der Waals surface area (Å²) < 4.78 is 0. The van der Waals surface area contributed by atoms with Gasteiger partial charge in [-0.1, -0.05) is 29.3 Å². The van der Waals surface area contributed by atoms with Gasteiger partial charge in [-0.2, -0.15) is 0 Å². The first-order valence-corrected chi connectivity index (χ1v) is 7.48. The van der Waals surface area contributed by atoms with Crippen LogP contribution in [-0.2, 0) is 17.8 Å². The van der Waals surface area contributed by atoms with E-state index in [-0.39, 0.29) is 24.6 Å². The number of carbonyl (C=O) groups is 2. The van der Waals surface area contributed by atoms with Gasteiger partial charge in [-0.05, 0) is 17.7 Å². The van der Waals surface area contributed by atoms with Crippen LogP contribution in [0.4, 0.5) is 0 Å². The highest BCUT2D eigenvalue weighted by Gasteiger charge is 2.12. The highest BCUT2D eigenvalue weighted by molar-refractivity contribution is 7.09. The number of carbonyl (C=O) groups excluding carboxylic acids is 1. The van der Waals surface area contributed by atoms with Crippen LogP contribution in [0.25, 0.3) is 0 Å². The van der Waals surface area contributed by atoms with E-state index in [0.717, 1.165) is 0 Å². The van der Waals surface area contributed by atoms with Crippen molar-refractivity contribution in [1.82, 2.24) is 10.3 Å². The highest BCUT2D eigenvalue weighted by atomic mass is 35.5. The van der Waals surface area contributed by atoms with Crippen LogP contribution in [0, 0.1) is 0 Å². The summed E-state index contributed by atoms with van der Waals surface area (Å²) in [5.41, 5.74) is 0.530. The molecule has 0 saturated heterocycles. The molecular formula is C13H10Cl2N2O3S. The monoisotopic (exact) mass is 344 g/mol. The van der Waals surface area contributed by atoms with Crippen LogP contribution in [0.2, 0.25) is 10.0 Å². The first kappa shape index (κ1) is 15.8. The predicted octanol–water partition coefficient (Wildman–Crippen LogP) is 3.01. The first-order chi connectivity index (χ1) is 9.97. The van der Waals surface area contributed by atoms with Gasteiger partial charge in [0, 0.05) is 15.4 Å². The Morgan fingerprint density at radius 1 is 1.29 bits per heavy atom. The molecule has 110 valence electrons. The Labute approximate surface area is 134 Å². The SMILES string of the molecule is O=C(Cc1c(Cl)cccc1Cl)NCc1nc(C(=O)O)cs1. The van der Waals surface area contributed by atoms with Gasteiger partial charge in [0.2, 0.25) is 5.91 Å². The van der Waals surface area contributed by atoms with E-state index in [9.17, 15) is 9.59 Å². The second-order valence-electron chi connectivity index (χ2n) is 4.09. The number of hydrogen-bond donors (Lipinski definition) is 2. The number of halogens is 2. The van der Waals surface area contributed by atoms with Gasteiger partial charge in [0.05, 0.1) is 13.0 Å². The van der Waals surface area contributed by atoms with E-state index in [0.29, 0.717) is 20.6 Å². The van der Waals surface area contributed by atoms with Crippen molar-refractivity contribution in [3.05, 3.63) is 49.9 Å². The lowest BCUT2D eigenvalue weighted by Crippen LogP contribution is -2.24. The van der Waals surface area contributed by atoms with Gasteiger partial charge in [-0.25, -0.2) is 9.78 Å². The van der Waals surface area contributed by atoms with Crippen molar-refractivity contribution >= 4 is 46.4 Å². The molecule has 2 rings (SSSR count). The number of carboxylic acids is 1. The van der Waals surface area contributed by atoms with E-state index in [1.165, 1.54) is 16.7 Å². The van der Waals surface area contributed by atoms with Gasteiger partial charge in [0.25, 0.3) is 0 Å². The van der Waals surface area contributed by atoms with E-state index in [1.807, 2.05) is 0 Å². The minimum absolute atomic E-state index is 0.0293. The number of amides is 1. The fourth-order valence-electron chi connectivity index (χ4n) is 1.59. The van der Waals surface area contributed by atoms with Gasteiger partial charge < -0.3 is 10.4 Å². The van der Waals surface area contributed by atoms with E-state index in [1.54, 1.807) is 18.2 Å². The minimum atomic E-state index is -1.09. The Balaban J connectivity index is 1.94. The van der Waals surface area contributed by atoms with E-state index >= 15 is 0 Å². The second kappa shape index (κ2) is 6.89. The topological polar surface area (TPSA) is 79.3 Å². The second-order valence-corrected chi connectivity index (χ2v) is 5.84. The fourth-order valence-corrected chi connectivity index (χ4v) is 2.83. The summed E-state index contributed by atoms with van der Waals surface area (Å²) in [7, 11) is 0. The minimum Gasteiger partial charge on any atom is -0.476 e. The fraction of sp³-hybridized carbons (Fsp3) is 0.154. The smallest absolute Gasteiger partial charge is 0.355 e. The molecule has 1 aromatic carbocycles. The van der Waals surface area contributed by atoms with Crippen molar-refractivity contribution in [3.8, 4) is 0 Å². The lowest BCUT2D eigenvalue weighted by atomic mass is 10.1. The highest BCUT2D eigenvalue weighted by Crippen LogP contribution is 2.24. The molecule has 0 fully saturated rings. The van der Waals surface area contributed by atoms with Crippen molar-refractivity contribution in [1.29, 1.82) is 0 Å². The summed E-state index contributed by atoms with van der Waals surface area (Å²) in [6.07, 6.45) is 0.0513. The van der Waals surface area contributed by atoms with Crippen LogP contribution >= 0.6 is 34.5 Å². The van der Waals surface area contributed by atoms with Crippen molar-refractivity contribution in [2.24, 2.45) is 0 Å². The van der Waals surface area contributed by atoms with Crippen LogP contribution in [-0.4, -0.2) is 22.0 Å². The largest absolute Gasteiger partial charge is 0.476 e. The van der Waals surface area contributed by atoms with Crippen molar-refractivity contribution in [2.45, 2.75) is 13.0 Å². The predicted molar refractivity (Wildman–Crippen MR) is 81.1 cm³/mol. The number of nitrogens with one attached hydrogen (secondary N) is 1. The van der Waals surface area contributed by atoms with Gasteiger partial charge in [0.15, 0.2) is 5.69 Å². The van der Waals surface area contributed by atoms with Crippen LogP contribution in [0.1, 0.15) is 21.1 Å². The molecule has 0 aliphatic heterocycles. The van der Waals surface area contributed by atoms with Gasteiger partial charge in [-0.3, -0.25) is 4.79 Å². The summed E-state index contributed by atoms with van der Waals surface area (Å²) in [5, 5.41) is 14.2. The third-order valence-corrected chi connectivity index (χ3v) is 4.16. The number of carboxylic acid groups (broad SMARTS) is 1. The molecule has 2 aromatic rings. The molecule has 8 heteroatoms. The third kappa shape index (κ3) is 4.17. The molecule has 0 aliphatic carbocycles. The van der Waals surface area contributed by atoms with Crippen LogP contribution < -0.4 is 5.32 Å². The molecule has 1 amide bonds. The Morgan fingerprint density at radius 3 is 2.52 bits per heavy atom. The maximum absolute atomic E-state index is 11.9. The van der Waals surface area contributed by atoms with Crippen molar-refractivity contribution in [2.75, 3.05) is 0 Å². The molecular weight excluding hydrogens is 335 g/mol. The Bertz CT molecular complexity index is 668. The molecule has 0 aliphatic rings. The Kier molecular flexibility index (Phi) is 5.17. The summed E-state index contributed by atoms with van der Waals surface area (Å²) >= 11 is 13.2. The number of rotatable bonds is 5. The van der Waals surface area contributed by atoms with Crippen molar-refractivity contribution in [3.63, 3.8) is 0 Å². The van der Waals surface area contributed by atoms with E-state index < -0.39 is 5.97 Å². The van der Waals surface area contributed by atoms with Crippen molar-refractivity contribution < 1.29 is 14.7 Å². The average molecular weight is 345 g/mol. The van der Waals surface area contributed by atoms with Gasteiger partial charge >= 0.3 is 5.97 Å². The Morgan fingerprint density at radius 2 is 1.95 bits per heavy atom. The van der Waals surface area contributed by atoms with E-state index in [4.69, 9.17) is 28.3 Å². The van der Waals surface area contributed by atoms with Crippen LogP contribution in [0.15, 0.2) is 23.6 Å². The molecule has 0 spiro atoms. The molecule has 0 unspecified atom stereocenters. The van der Waals surface area contributed by atoms with Crippen LogP contribution in [0.3, 0.4) is 0 Å². The lowest BCUT2D eigenvalue weighted by Gasteiger charge is -2.07. The third-order valence-electron chi connectivity index (χ3n) is 2.61. The van der Waals surface area contributed by atoms with Gasteiger partial charge in [0.1, 0.15) is 5.01 Å². The number of aromatic carboxylic acids is 1. The molecule has 0 bridgehead atoms.